The summed E-state index contributed by atoms with van der Waals surface area (Å²) < 4.78 is 0. The van der Waals surface area contributed by atoms with Crippen molar-refractivity contribution in [1.29, 1.82) is 0 Å². The van der Waals surface area contributed by atoms with Crippen molar-refractivity contribution < 1.29 is 10.2 Å². The van der Waals surface area contributed by atoms with Gasteiger partial charge in [0, 0.05) is 32.2 Å². The van der Waals surface area contributed by atoms with E-state index in [0.717, 1.165) is 26.1 Å². The van der Waals surface area contributed by atoms with E-state index in [2.05, 4.69) is 17.0 Å². The Morgan fingerprint density at radius 1 is 1.25 bits per heavy atom. The predicted molar refractivity (Wildman–Crippen MR) is 62.9 cm³/mol. The Balaban J connectivity index is 1.92. The van der Waals surface area contributed by atoms with Crippen LogP contribution in [0.3, 0.4) is 0 Å². The normalized spacial score (nSPS) is 26.9. The second kappa shape index (κ2) is 5.43. The molecular weight excluding hydrogens is 202 g/mol. The zero-order valence-electron chi connectivity index (χ0n) is 9.42. The number of rotatable bonds is 3. The van der Waals surface area contributed by atoms with Gasteiger partial charge in [-0.05, 0) is 12.0 Å². The molecule has 0 saturated carbocycles. The smallest absolute Gasteiger partial charge is 0.0614 e. The van der Waals surface area contributed by atoms with E-state index in [1.54, 1.807) is 0 Å². The standard InChI is InChI=1S/C13H19NO2/c15-10-12-9-14(7-6-13(12)16)8-11-4-2-1-3-5-11/h1-5,12-13,15-16H,6-10H2/t12?,13-/m0/s1. The van der Waals surface area contributed by atoms with E-state index in [9.17, 15) is 5.11 Å². The molecule has 3 heteroatoms. The van der Waals surface area contributed by atoms with Gasteiger partial charge >= 0.3 is 0 Å². The van der Waals surface area contributed by atoms with Crippen molar-refractivity contribution in [3.05, 3.63) is 35.9 Å². The lowest BCUT2D eigenvalue weighted by molar-refractivity contribution is -0.00200. The maximum atomic E-state index is 9.67. The van der Waals surface area contributed by atoms with Crippen LogP contribution in [0.1, 0.15) is 12.0 Å². The van der Waals surface area contributed by atoms with Crippen molar-refractivity contribution in [2.24, 2.45) is 5.92 Å². The number of aliphatic hydroxyl groups excluding tert-OH is 2. The molecule has 1 aromatic carbocycles. The lowest BCUT2D eigenvalue weighted by atomic mass is 9.95. The molecule has 2 rings (SSSR count). The molecule has 1 fully saturated rings. The fraction of sp³-hybridized carbons (Fsp3) is 0.538. The molecule has 1 saturated heterocycles. The van der Waals surface area contributed by atoms with Crippen LogP contribution in [0.25, 0.3) is 0 Å². The first kappa shape index (κ1) is 11.6. The molecule has 3 nitrogen and oxygen atoms in total. The minimum Gasteiger partial charge on any atom is -0.396 e. The van der Waals surface area contributed by atoms with Crippen LogP contribution in [0.15, 0.2) is 30.3 Å². The van der Waals surface area contributed by atoms with E-state index in [1.165, 1.54) is 5.56 Å². The van der Waals surface area contributed by atoms with Crippen molar-refractivity contribution in [1.82, 2.24) is 4.90 Å². The van der Waals surface area contributed by atoms with Crippen LogP contribution in [0, 0.1) is 5.92 Å². The molecule has 0 radical (unpaired) electrons. The van der Waals surface area contributed by atoms with Gasteiger partial charge in [-0.2, -0.15) is 0 Å². The second-order valence-electron chi connectivity index (χ2n) is 4.52. The molecular formula is C13H19NO2. The first-order valence-corrected chi connectivity index (χ1v) is 5.85. The molecule has 0 amide bonds. The molecule has 2 N–H and O–H groups in total. The quantitative estimate of drug-likeness (QED) is 0.795. The first-order valence-electron chi connectivity index (χ1n) is 5.85. The number of aliphatic hydroxyl groups is 2. The molecule has 0 bridgehead atoms. The number of hydrogen-bond donors (Lipinski definition) is 2. The number of benzene rings is 1. The summed E-state index contributed by atoms with van der Waals surface area (Å²) in [5.41, 5.74) is 1.29. The summed E-state index contributed by atoms with van der Waals surface area (Å²) in [6.45, 7) is 2.68. The summed E-state index contributed by atoms with van der Waals surface area (Å²) >= 11 is 0. The highest BCUT2D eigenvalue weighted by molar-refractivity contribution is 5.14. The van der Waals surface area contributed by atoms with E-state index in [-0.39, 0.29) is 18.6 Å². The fourth-order valence-corrected chi connectivity index (χ4v) is 2.26. The number of piperidine rings is 1. The van der Waals surface area contributed by atoms with Gasteiger partial charge in [0.1, 0.15) is 0 Å². The molecule has 1 aliphatic rings. The number of likely N-dealkylation sites (tertiary alicyclic amines) is 1. The SMILES string of the molecule is OCC1CN(Cc2ccccc2)CC[C@@H]1O. The molecule has 2 atom stereocenters. The van der Waals surface area contributed by atoms with Gasteiger partial charge in [-0.3, -0.25) is 4.90 Å². The Kier molecular flexibility index (Phi) is 3.93. The molecule has 16 heavy (non-hydrogen) atoms. The summed E-state index contributed by atoms with van der Waals surface area (Å²) in [7, 11) is 0. The van der Waals surface area contributed by atoms with Crippen molar-refractivity contribution in [2.75, 3.05) is 19.7 Å². The van der Waals surface area contributed by atoms with Crippen molar-refractivity contribution in [3.63, 3.8) is 0 Å². The van der Waals surface area contributed by atoms with Crippen LogP contribution in [-0.4, -0.2) is 40.9 Å². The van der Waals surface area contributed by atoms with E-state index < -0.39 is 0 Å². The third-order valence-electron chi connectivity index (χ3n) is 3.26. The molecule has 1 aromatic rings. The molecule has 0 spiro atoms. The fourth-order valence-electron chi connectivity index (χ4n) is 2.26. The highest BCUT2D eigenvalue weighted by Crippen LogP contribution is 2.18. The van der Waals surface area contributed by atoms with Crippen molar-refractivity contribution in [2.45, 2.75) is 19.1 Å². The molecule has 1 unspecified atom stereocenters. The van der Waals surface area contributed by atoms with Gasteiger partial charge in [0.2, 0.25) is 0 Å². The lowest BCUT2D eigenvalue weighted by Gasteiger charge is -2.35. The van der Waals surface area contributed by atoms with Gasteiger partial charge < -0.3 is 10.2 Å². The van der Waals surface area contributed by atoms with E-state index >= 15 is 0 Å². The average molecular weight is 221 g/mol. The van der Waals surface area contributed by atoms with E-state index in [0.29, 0.717) is 0 Å². The minimum atomic E-state index is -0.336. The molecule has 0 aliphatic carbocycles. The van der Waals surface area contributed by atoms with Crippen LogP contribution in [-0.2, 0) is 6.54 Å². The number of nitrogens with zero attached hydrogens (tertiary/aromatic N) is 1. The highest BCUT2D eigenvalue weighted by atomic mass is 16.3. The van der Waals surface area contributed by atoms with Gasteiger partial charge in [-0.1, -0.05) is 30.3 Å². The van der Waals surface area contributed by atoms with Crippen molar-refractivity contribution in [3.8, 4) is 0 Å². The summed E-state index contributed by atoms with van der Waals surface area (Å²) in [4.78, 5) is 2.29. The van der Waals surface area contributed by atoms with Gasteiger partial charge in [-0.15, -0.1) is 0 Å². The van der Waals surface area contributed by atoms with Crippen LogP contribution < -0.4 is 0 Å². The van der Waals surface area contributed by atoms with Gasteiger partial charge in [0.15, 0.2) is 0 Å². The third kappa shape index (κ3) is 2.82. The lowest BCUT2D eigenvalue weighted by Crippen LogP contribution is -2.44. The maximum absolute atomic E-state index is 9.67. The van der Waals surface area contributed by atoms with Gasteiger partial charge in [-0.25, -0.2) is 0 Å². The summed E-state index contributed by atoms with van der Waals surface area (Å²) in [6, 6.07) is 10.3. The third-order valence-corrected chi connectivity index (χ3v) is 3.26. The summed E-state index contributed by atoms with van der Waals surface area (Å²) in [5.74, 6) is 0.0115. The van der Waals surface area contributed by atoms with Crippen LogP contribution in [0.4, 0.5) is 0 Å². The van der Waals surface area contributed by atoms with Gasteiger partial charge in [0.05, 0.1) is 6.10 Å². The second-order valence-corrected chi connectivity index (χ2v) is 4.52. The van der Waals surface area contributed by atoms with E-state index in [4.69, 9.17) is 5.11 Å². The largest absolute Gasteiger partial charge is 0.396 e. The Hall–Kier alpha value is -0.900. The Labute approximate surface area is 96.3 Å². The monoisotopic (exact) mass is 221 g/mol. The van der Waals surface area contributed by atoms with Crippen LogP contribution in [0.2, 0.25) is 0 Å². The minimum absolute atomic E-state index is 0.0115. The zero-order valence-corrected chi connectivity index (χ0v) is 9.42. The topological polar surface area (TPSA) is 43.7 Å². The van der Waals surface area contributed by atoms with Crippen molar-refractivity contribution >= 4 is 0 Å². The van der Waals surface area contributed by atoms with Crippen LogP contribution >= 0.6 is 0 Å². The Morgan fingerprint density at radius 3 is 2.69 bits per heavy atom. The zero-order chi connectivity index (χ0) is 11.4. The average Bonchev–Trinajstić information content (AvgIpc) is 2.33. The Bertz CT molecular complexity index is 315. The molecule has 0 aromatic heterocycles. The van der Waals surface area contributed by atoms with E-state index in [1.807, 2.05) is 18.2 Å². The maximum Gasteiger partial charge on any atom is 0.0614 e. The Morgan fingerprint density at radius 2 is 2.00 bits per heavy atom. The summed E-state index contributed by atoms with van der Waals surface area (Å²) in [5, 5.41) is 18.8. The predicted octanol–water partition coefficient (Wildman–Crippen LogP) is 0.862. The molecule has 1 heterocycles. The van der Waals surface area contributed by atoms with Crippen LogP contribution in [0.5, 0.6) is 0 Å². The number of hydrogen-bond acceptors (Lipinski definition) is 3. The first-order chi connectivity index (χ1) is 7.79. The molecule has 88 valence electrons. The highest BCUT2D eigenvalue weighted by Gasteiger charge is 2.26. The summed E-state index contributed by atoms with van der Waals surface area (Å²) in [6.07, 6.45) is 0.426. The van der Waals surface area contributed by atoms with Gasteiger partial charge in [0.25, 0.3) is 0 Å². The molecule has 1 aliphatic heterocycles.